The monoisotopic (exact) mass is 495 g/mol. The SMILES string of the molecule is COc1cc2c(Nc3ccc4[nH]c(C)cc4c3F)ncnc2cc1OCC(O)CC(=O)N(C)C(C)C. The molecule has 4 rings (SSSR count). The highest BCUT2D eigenvalue weighted by molar-refractivity contribution is 5.94. The van der Waals surface area contributed by atoms with E-state index < -0.39 is 6.10 Å². The number of aliphatic hydroxyl groups excluding tert-OH is 1. The van der Waals surface area contributed by atoms with Gasteiger partial charge in [-0.2, -0.15) is 0 Å². The molecule has 3 N–H and O–H groups in total. The third-order valence-corrected chi connectivity index (χ3v) is 6.06. The van der Waals surface area contributed by atoms with Gasteiger partial charge in [0.1, 0.15) is 18.8 Å². The number of methoxy groups -OCH3 is 1. The fraction of sp³-hybridized carbons (Fsp3) is 0.346. The van der Waals surface area contributed by atoms with E-state index in [4.69, 9.17) is 9.47 Å². The number of carbonyl (C=O) groups excluding carboxylic acids is 1. The van der Waals surface area contributed by atoms with Gasteiger partial charge in [-0.1, -0.05) is 0 Å². The zero-order chi connectivity index (χ0) is 26.0. The lowest BCUT2D eigenvalue weighted by Gasteiger charge is -2.23. The number of benzene rings is 2. The number of aromatic nitrogens is 3. The molecule has 0 aliphatic rings. The summed E-state index contributed by atoms with van der Waals surface area (Å²) < 4.78 is 26.4. The number of nitrogens with zero attached hydrogens (tertiary/aromatic N) is 3. The number of H-pyrrole nitrogens is 1. The van der Waals surface area contributed by atoms with E-state index in [1.165, 1.54) is 13.4 Å². The van der Waals surface area contributed by atoms with Crippen molar-refractivity contribution in [3.05, 3.63) is 48.2 Å². The maximum absolute atomic E-state index is 15.1. The number of rotatable bonds is 9. The molecule has 1 unspecified atom stereocenters. The molecule has 0 saturated heterocycles. The Kier molecular flexibility index (Phi) is 7.25. The second-order valence-electron chi connectivity index (χ2n) is 8.98. The predicted octanol–water partition coefficient (Wildman–Crippen LogP) is 4.31. The highest BCUT2D eigenvalue weighted by Gasteiger charge is 2.19. The van der Waals surface area contributed by atoms with Crippen molar-refractivity contribution in [1.29, 1.82) is 0 Å². The molecule has 10 heteroatoms. The van der Waals surface area contributed by atoms with Crippen LogP contribution in [0.1, 0.15) is 26.0 Å². The minimum atomic E-state index is -0.989. The van der Waals surface area contributed by atoms with Crippen molar-refractivity contribution in [2.75, 3.05) is 26.1 Å². The van der Waals surface area contributed by atoms with E-state index >= 15 is 4.39 Å². The molecule has 0 radical (unpaired) electrons. The van der Waals surface area contributed by atoms with Crippen molar-refractivity contribution in [3.63, 3.8) is 0 Å². The number of ether oxygens (including phenoxy) is 2. The lowest BCUT2D eigenvalue weighted by molar-refractivity contribution is -0.133. The molecular weight excluding hydrogens is 465 g/mol. The second-order valence-corrected chi connectivity index (χ2v) is 8.98. The van der Waals surface area contributed by atoms with Gasteiger partial charge >= 0.3 is 0 Å². The van der Waals surface area contributed by atoms with Crippen molar-refractivity contribution in [2.45, 2.75) is 39.3 Å². The fourth-order valence-electron chi connectivity index (χ4n) is 3.85. The largest absolute Gasteiger partial charge is 0.493 e. The molecule has 36 heavy (non-hydrogen) atoms. The van der Waals surface area contributed by atoms with Crippen LogP contribution in [0.4, 0.5) is 15.9 Å². The lowest BCUT2D eigenvalue weighted by atomic mass is 10.1. The maximum Gasteiger partial charge on any atom is 0.225 e. The summed E-state index contributed by atoms with van der Waals surface area (Å²) in [4.78, 5) is 25.5. The van der Waals surface area contributed by atoms with Crippen molar-refractivity contribution in [3.8, 4) is 11.5 Å². The number of halogens is 1. The van der Waals surface area contributed by atoms with E-state index in [1.807, 2.05) is 20.8 Å². The standard InChI is InChI=1S/C26H30FN5O4/c1-14(2)32(4)24(34)9-16(33)12-36-23-11-21-18(10-22(23)35-5)26(29-13-28-21)31-20-7-6-19-17(25(20)27)8-15(3)30-19/h6-8,10-11,13-14,16,30,33H,9,12H2,1-5H3,(H,28,29,31). The van der Waals surface area contributed by atoms with Crippen LogP contribution in [0, 0.1) is 12.7 Å². The molecule has 2 heterocycles. The Morgan fingerprint density at radius 2 is 1.97 bits per heavy atom. The molecule has 2 aromatic heterocycles. The molecule has 0 bridgehead atoms. The average molecular weight is 496 g/mol. The Morgan fingerprint density at radius 1 is 1.19 bits per heavy atom. The number of amides is 1. The molecule has 1 amide bonds. The van der Waals surface area contributed by atoms with Crippen LogP contribution in [-0.4, -0.2) is 63.8 Å². The van der Waals surface area contributed by atoms with Crippen molar-refractivity contribution < 1.29 is 23.8 Å². The summed E-state index contributed by atoms with van der Waals surface area (Å²) in [6.07, 6.45) is 0.321. The number of aliphatic hydroxyl groups is 1. The van der Waals surface area contributed by atoms with Crippen molar-refractivity contribution in [1.82, 2.24) is 19.9 Å². The van der Waals surface area contributed by atoms with E-state index in [0.717, 1.165) is 5.69 Å². The highest BCUT2D eigenvalue weighted by Crippen LogP contribution is 2.36. The summed E-state index contributed by atoms with van der Waals surface area (Å²) >= 11 is 0. The Morgan fingerprint density at radius 3 is 2.69 bits per heavy atom. The van der Waals surface area contributed by atoms with E-state index in [1.54, 1.807) is 42.3 Å². The van der Waals surface area contributed by atoms with Gasteiger partial charge in [0, 0.05) is 41.1 Å². The number of anilines is 2. The number of nitrogens with one attached hydrogen (secondary N) is 2. The molecule has 0 fully saturated rings. The summed E-state index contributed by atoms with van der Waals surface area (Å²) in [5.74, 6) is 0.583. The summed E-state index contributed by atoms with van der Waals surface area (Å²) in [6.45, 7) is 5.58. The van der Waals surface area contributed by atoms with E-state index in [9.17, 15) is 9.90 Å². The first-order valence-corrected chi connectivity index (χ1v) is 11.6. The third-order valence-electron chi connectivity index (χ3n) is 6.06. The van der Waals surface area contributed by atoms with Gasteiger partial charge in [-0.15, -0.1) is 0 Å². The number of hydrogen-bond donors (Lipinski definition) is 3. The number of fused-ring (bicyclic) bond motifs is 2. The van der Waals surface area contributed by atoms with Gasteiger partial charge in [0.25, 0.3) is 0 Å². The molecule has 4 aromatic rings. The zero-order valence-electron chi connectivity index (χ0n) is 20.9. The predicted molar refractivity (Wildman–Crippen MR) is 136 cm³/mol. The molecule has 9 nitrogen and oxygen atoms in total. The molecule has 2 aromatic carbocycles. The van der Waals surface area contributed by atoms with Crippen LogP contribution in [0.5, 0.6) is 11.5 Å². The maximum atomic E-state index is 15.1. The van der Waals surface area contributed by atoms with E-state index in [-0.39, 0.29) is 36.5 Å². The van der Waals surface area contributed by atoms with Crippen LogP contribution >= 0.6 is 0 Å². The molecule has 0 aliphatic heterocycles. The molecule has 0 saturated carbocycles. The van der Waals surface area contributed by atoms with Crippen LogP contribution < -0.4 is 14.8 Å². The van der Waals surface area contributed by atoms with E-state index in [2.05, 4.69) is 20.3 Å². The first-order chi connectivity index (χ1) is 17.2. The number of aromatic amines is 1. The first-order valence-electron chi connectivity index (χ1n) is 11.6. The van der Waals surface area contributed by atoms with Gasteiger partial charge in [0.05, 0.1) is 30.8 Å². The molecule has 0 spiro atoms. The van der Waals surface area contributed by atoms with Crippen molar-refractivity contribution in [2.24, 2.45) is 0 Å². The summed E-state index contributed by atoms with van der Waals surface area (Å²) in [5.41, 5.74) is 2.39. The first kappa shape index (κ1) is 25.2. The van der Waals surface area contributed by atoms with Crippen LogP contribution in [0.25, 0.3) is 21.8 Å². The molecule has 190 valence electrons. The minimum Gasteiger partial charge on any atom is -0.493 e. The van der Waals surface area contributed by atoms with Crippen LogP contribution in [0.2, 0.25) is 0 Å². The second kappa shape index (κ2) is 10.4. The number of hydrogen-bond acceptors (Lipinski definition) is 7. The minimum absolute atomic E-state index is 0.0382. The van der Waals surface area contributed by atoms with Gasteiger partial charge in [-0.25, -0.2) is 14.4 Å². The van der Waals surface area contributed by atoms with Crippen LogP contribution in [0.15, 0.2) is 36.7 Å². The molecule has 0 aliphatic carbocycles. The normalized spacial score (nSPS) is 12.2. The Balaban J connectivity index is 1.56. The smallest absolute Gasteiger partial charge is 0.225 e. The van der Waals surface area contributed by atoms with Crippen molar-refractivity contribution >= 4 is 39.2 Å². The summed E-state index contributed by atoms with van der Waals surface area (Å²) in [6, 6.07) is 8.59. The third kappa shape index (κ3) is 5.18. The Bertz CT molecular complexity index is 1400. The van der Waals surface area contributed by atoms with Gasteiger partial charge < -0.3 is 29.8 Å². The quantitative estimate of drug-likeness (QED) is 0.317. The summed E-state index contributed by atoms with van der Waals surface area (Å²) in [5, 5.41) is 14.5. The Labute approximate surface area is 208 Å². The average Bonchev–Trinajstić information content (AvgIpc) is 3.24. The fourth-order valence-corrected chi connectivity index (χ4v) is 3.85. The number of aryl methyl sites for hydroxylation is 1. The van der Waals surface area contributed by atoms with Gasteiger partial charge in [-0.3, -0.25) is 4.79 Å². The molecular formula is C26H30FN5O4. The molecule has 1 atom stereocenters. The van der Waals surface area contributed by atoms with Crippen LogP contribution in [0.3, 0.4) is 0 Å². The summed E-state index contributed by atoms with van der Waals surface area (Å²) in [7, 11) is 3.19. The van der Waals surface area contributed by atoms with Gasteiger partial charge in [-0.05, 0) is 45.0 Å². The van der Waals surface area contributed by atoms with Crippen LogP contribution in [-0.2, 0) is 4.79 Å². The zero-order valence-corrected chi connectivity index (χ0v) is 20.9. The topological polar surface area (TPSA) is 113 Å². The van der Waals surface area contributed by atoms with E-state index in [0.29, 0.717) is 39.1 Å². The number of carbonyl (C=O) groups is 1. The Hall–Kier alpha value is -3.92. The lowest BCUT2D eigenvalue weighted by Crippen LogP contribution is -2.36. The van der Waals surface area contributed by atoms with Gasteiger partial charge in [0.15, 0.2) is 17.3 Å². The van der Waals surface area contributed by atoms with Gasteiger partial charge in [0.2, 0.25) is 5.91 Å². The highest BCUT2D eigenvalue weighted by atomic mass is 19.1.